The molecule has 1 aliphatic rings. The number of nitrogens with two attached hydrogens (primary N) is 1. The normalized spacial score (nSPS) is 19.3. The molecule has 0 aromatic carbocycles. The molecule has 0 saturated carbocycles. The number of urea groups is 1. The van der Waals surface area contributed by atoms with E-state index in [2.05, 4.69) is 5.32 Å². The maximum Gasteiger partial charge on any atom is 0.317 e. The summed E-state index contributed by atoms with van der Waals surface area (Å²) < 4.78 is 0. The van der Waals surface area contributed by atoms with Gasteiger partial charge in [0, 0.05) is 25.7 Å². The van der Waals surface area contributed by atoms with Crippen LogP contribution in [0.2, 0.25) is 0 Å². The lowest BCUT2D eigenvalue weighted by molar-refractivity contribution is 0.205. The van der Waals surface area contributed by atoms with Gasteiger partial charge < -0.3 is 16.0 Å². The number of rotatable bonds is 2. The summed E-state index contributed by atoms with van der Waals surface area (Å²) in [5.41, 5.74) is 5.39. The molecule has 0 bridgehead atoms. The molecule has 1 rings (SSSR count). The van der Waals surface area contributed by atoms with E-state index in [1.807, 2.05) is 11.8 Å². The molecule has 0 aliphatic carbocycles. The first kappa shape index (κ1) is 9.32. The average Bonchev–Trinajstić information content (AvgIpc) is 2.56. The van der Waals surface area contributed by atoms with E-state index >= 15 is 0 Å². The zero-order valence-electron chi connectivity index (χ0n) is 7.55. The van der Waals surface area contributed by atoms with E-state index in [9.17, 15) is 4.79 Å². The number of nitrogens with one attached hydrogen (secondary N) is 1. The Morgan fingerprint density at radius 2 is 2.17 bits per heavy atom. The monoisotopic (exact) mass is 171 g/mol. The summed E-state index contributed by atoms with van der Waals surface area (Å²) in [6.45, 7) is 4.19. The lowest BCUT2D eigenvalue weighted by Crippen LogP contribution is -2.45. The van der Waals surface area contributed by atoms with Crippen molar-refractivity contribution in [3.05, 3.63) is 0 Å². The largest absolute Gasteiger partial charge is 0.334 e. The highest BCUT2D eigenvalue weighted by Crippen LogP contribution is 2.06. The Hall–Kier alpha value is -0.770. The first-order valence-corrected chi connectivity index (χ1v) is 4.49. The zero-order valence-corrected chi connectivity index (χ0v) is 7.55. The number of nitrogens with zero attached hydrogens (tertiary/aromatic N) is 1. The summed E-state index contributed by atoms with van der Waals surface area (Å²) in [5.74, 6) is 0. The number of amides is 2. The molecule has 1 saturated heterocycles. The van der Waals surface area contributed by atoms with Crippen LogP contribution in [0.4, 0.5) is 4.79 Å². The van der Waals surface area contributed by atoms with Crippen molar-refractivity contribution in [3.8, 4) is 0 Å². The summed E-state index contributed by atoms with van der Waals surface area (Å²) >= 11 is 0. The van der Waals surface area contributed by atoms with Gasteiger partial charge >= 0.3 is 6.03 Å². The van der Waals surface area contributed by atoms with E-state index < -0.39 is 0 Å². The van der Waals surface area contributed by atoms with E-state index in [0.717, 1.165) is 25.9 Å². The first-order valence-electron chi connectivity index (χ1n) is 4.49. The van der Waals surface area contributed by atoms with Gasteiger partial charge in [-0.05, 0) is 19.8 Å². The summed E-state index contributed by atoms with van der Waals surface area (Å²) in [6.07, 6.45) is 2.26. The predicted molar refractivity (Wildman–Crippen MR) is 47.9 cm³/mol. The van der Waals surface area contributed by atoms with Crippen molar-refractivity contribution < 1.29 is 4.79 Å². The second-order valence-electron chi connectivity index (χ2n) is 3.28. The first-order chi connectivity index (χ1) is 5.74. The van der Waals surface area contributed by atoms with Gasteiger partial charge in [-0.3, -0.25) is 0 Å². The van der Waals surface area contributed by atoms with Gasteiger partial charge in [-0.25, -0.2) is 4.79 Å². The van der Waals surface area contributed by atoms with Gasteiger partial charge in [-0.2, -0.15) is 0 Å². The third-order valence-corrected chi connectivity index (χ3v) is 2.12. The van der Waals surface area contributed by atoms with Gasteiger partial charge in [0.1, 0.15) is 0 Å². The molecule has 1 fully saturated rings. The molecule has 2 amide bonds. The molecule has 0 radical (unpaired) electrons. The van der Waals surface area contributed by atoms with Gasteiger partial charge in [0.15, 0.2) is 0 Å². The van der Waals surface area contributed by atoms with Crippen molar-refractivity contribution in [1.82, 2.24) is 10.2 Å². The number of carbonyl (C=O) groups excluding carboxylic acids is 1. The van der Waals surface area contributed by atoms with E-state index in [-0.39, 0.29) is 12.1 Å². The summed E-state index contributed by atoms with van der Waals surface area (Å²) in [6, 6.07) is 0.114. The molecule has 4 nitrogen and oxygen atoms in total. The van der Waals surface area contributed by atoms with E-state index in [4.69, 9.17) is 5.73 Å². The molecule has 0 spiro atoms. The van der Waals surface area contributed by atoms with Crippen LogP contribution in [0.1, 0.15) is 19.8 Å². The van der Waals surface area contributed by atoms with Crippen molar-refractivity contribution in [2.45, 2.75) is 25.8 Å². The number of carbonyl (C=O) groups is 1. The fourth-order valence-electron chi connectivity index (χ4n) is 1.28. The number of hydrogen-bond donors (Lipinski definition) is 2. The second-order valence-corrected chi connectivity index (χ2v) is 3.28. The molecule has 1 atom stereocenters. The van der Waals surface area contributed by atoms with Crippen LogP contribution in [-0.4, -0.2) is 36.6 Å². The molecular formula is C8H17N3O. The van der Waals surface area contributed by atoms with Crippen LogP contribution in [0.3, 0.4) is 0 Å². The molecule has 1 heterocycles. The topological polar surface area (TPSA) is 58.4 Å². The number of likely N-dealkylation sites (tertiary alicyclic amines) is 1. The second kappa shape index (κ2) is 4.30. The standard InChI is InChI=1S/C8H17N3O/c1-7(6-9)10-8(12)11-4-2-3-5-11/h7H,2-6,9H2,1H3,(H,10,12). The minimum atomic E-state index is 0.0328. The molecule has 0 aromatic rings. The highest BCUT2D eigenvalue weighted by Gasteiger charge is 2.18. The van der Waals surface area contributed by atoms with Crippen LogP contribution in [0.5, 0.6) is 0 Å². The van der Waals surface area contributed by atoms with E-state index in [1.54, 1.807) is 0 Å². The van der Waals surface area contributed by atoms with E-state index in [0.29, 0.717) is 6.54 Å². The Bertz CT molecular complexity index is 154. The van der Waals surface area contributed by atoms with Crippen molar-refractivity contribution in [2.24, 2.45) is 5.73 Å². The van der Waals surface area contributed by atoms with Crippen LogP contribution in [0.25, 0.3) is 0 Å². The third-order valence-electron chi connectivity index (χ3n) is 2.12. The minimum Gasteiger partial charge on any atom is -0.334 e. The highest BCUT2D eigenvalue weighted by molar-refractivity contribution is 5.74. The van der Waals surface area contributed by atoms with Crippen molar-refractivity contribution in [3.63, 3.8) is 0 Å². The molecule has 3 N–H and O–H groups in total. The highest BCUT2D eigenvalue weighted by atomic mass is 16.2. The maximum absolute atomic E-state index is 11.4. The zero-order chi connectivity index (χ0) is 8.97. The van der Waals surface area contributed by atoms with Gasteiger partial charge in [0.2, 0.25) is 0 Å². The van der Waals surface area contributed by atoms with Crippen LogP contribution in [0, 0.1) is 0 Å². The maximum atomic E-state index is 11.4. The molecule has 12 heavy (non-hydrogen) atoms. The Morgan fingerprint density at radius 3 is 2.67 bits per heavy atom. The lowest BCUT2D eigenvalue weighted by Gasteiger charge is -2.19. The fraction of sp³-hybridized carbons (Fsp3) is 0.875. The number of hydrogen-bond acceptors (Lipinski definition) is 2. The molecule has 70 valence electrons. The molecule has 1 aliphatic heterocycles. The molecule has 4 heteroatoms. The van der Waals surface area contributed by atoms with E-state index in [1.165, 1.54) is 0 Å². The summed E-state index contributed by atoms with van der Waals surface area (Å²) in [4.78, 5) is 13.2. The lowest BCUT2D eigenvalue weighted by atomic mass is 10.3. The Balaban J connectivity index is 2.27. The Morgan fingerprint density at radius 1 is 1.58 bits per heavy atom. The quantitative estimate of drug-likeness (QED) is 0.621. The minimum absolute atomic E-state index is 0.0328. The molecule has 1 unspecified atom stereocenters. The van der Waals surface area contributed by atoms with Gasteiger partial charge in [0.25, 0.3) is 0 Å². The van der Waals surface area contributed by atoms with Crippen LogP contribution in [-0.2, 0) is 0 Å². The summed E-state index contributed by atoms with van der Waals surface area (Å²) in [5, 5.41) is 2.83. The van der Waals surface area contributed by atoms with Gasteiger partial charge in [0.05, 0.1) is 0 Å². The fourth-order valence-corrected chi connectivity index (χ4v) is 1.28. The van der Waals surface area contributed by atoms with Crippen molar-refractivity contribution >= 4 is 6.03 Å². The SMILES string of the molecule is CC(CN)NC(=O)N1CCCC1. The predicted octanol–water partition coefficient (Wildman–Crippen LogP) is 0.139. The summed E-state index contributed by atoms with van der Waals surface area (Å²) in [7, 11) is 0. The molecular weight excluding hydrogens is 154 g/mol. The molecule has 0 aromatic heterocycles. The third kappa shape index (κ3) is 2.37. The van der Waals surface area contributed by atoms with Gasteiger partial charge in [-0.15, -0.1) is 0 Å². The van der Waals surface area contributed by atoms with Crippen LogP contribution in [0.15, 0.2) is 0 Å². The Labute approximate surface area is 73.1 Å². The smallest absolute Gasteiger partial charge is 0.317 e. The van der Waals surface area contributed by atoms with Crippen LogP contribution >= 0.6 is 0 Å². The van der Waals surface area contributed by atoms with Crippen molar-refractivity contribution in [2.75, 3.05) is 19.6 Å². The van der Waals surface area contributed by atoms with Crippen molar-refractivity contribution in [1.29, 1.82) is 0 Å². The van der Waals surface area contributed by atoms with Crippen LogP contribution < -0.4 is 11.1 Å². The average molecular weight is 171 g/mol. The van der Waals surface area contributed by atoms with Gasteiger partial charge in [-0.1, -0.05) is 0 Å². The Kier molecular flexibility index (Phi) is 3.34.